The molecule has 0 aliphatic carbocycles. The fraction of sp³-hybridized carbons (Fsp3) is 0.389. The molecule has 1 aromatic heterocycles. The van der Waals surface area contributed by atoms with Crippen LogP contribution >= 0.6 is 27.7 Å². The predicted molar refractivity (Wildman–Crippen MR) is 105 cm³/mol. The number of ketones is 1. The topological polar surface area (TPSA) is 56.1 Å². The summed E-state index contributed by atoms with van der Waals surface area (Å²) < 4.78 is 26.6. The molecule has 134 valence electrons. The van der Waals surface area contributed by atoms with Gasteiger partial charge in [-0.3, -0.25) is 4.79 Å². The highest BCUT2D eigenvalue weighted by atomic mass is 79.9. The second-order valence-corrected chi connectivity index (χ2v) is 10.6. The monoisotopic (exact) mass is 441 g/mol. The zero-order valence-corrected chi connectivity index (χ0v) is 17.4. The van der Waals surface area contributed by atoms with Crippen LogP contribution < -0.4 is 0 Å². The number of Topliss-reactive ketones (excluding diaryl/α,β-unsaturated/α-hetero) is 1. The molecule has 1 saturated heterocycles. The first-order valence-electron chi connectivity index (χ1n) is 8.07. The Balaban J connectivity index is 1.75. The summed E-state index contributed by atoms with van der Waals surface area (Å²) >= 11 is 4.91. The van der Waals surface area contributed by atoms with Gasteiger partial charge in [0.05, 0.1) is 17.3 Å². The number of carbonyl (C=O) groups excluding carboxylic acids is 1. The molecule has 1 atom stereocenters. The van der Waals surface area contributed by atoms with Gasteiger partial charge in [-0.2, -0.15) is 0 Å². The van der Waals surface area contributed by atoms with Crippen LogP contribution in [0.25, 0.3) is 0 Å². The lowest BCUT2D eigenvalue weighted by molar-refractivity contribution is 0.102. The van der Waals surface area contributed by atoms with Crippen LogP contribution in [0, 0.1) is 13.8 Å². The van der Waals surface area contributed by atoms with Crippen LogP contribution in [0.5, 0.6) is 0 Å². The maximum absolute atomic E-state index is 12.7. The Hall–Kier alpha value is -1.05. The number of sulfone groups is 1. The molecule has 0 spiro atoms. The lowest BCUT2D eigenvalue weighted by Gasteiger charge is -2.16. The molecule has 25 heavy (non-hydrogen) atoms. The maximum Gasteiger partial charge on any atom is 0.174 e. The second-order valence-electron chi connectivity index (χ2n) is 6.38. The highest BCUT2D eigenvalue weighted by molar-refractivity contribution is 9.10. The molecule has 7 heteroatoms. The number of benzene rings is 1. The van der Waals surface area contributed by atoms with Gasteiger partial charge in [-0.15, -0.1) is 11.8 Å². The van der Waals surface area contributed by atoms with Crippen molar-refractivity contribution in [2.45, 2.75) is 31.2 Å². The van der Waals surface area contributed by atoms with Crippen molar-refractivity contribution in [1.82, 2.24) is 4.57 Å². The van der Waals surface area contributed by atoms with Crippen molar-refractivity contribution in [1.29, 1.82) is 0 Å². The highest BCUT2D eigenvalue weighted by Gasteiger charge is 2.31. The van der Waals surface area contributed by atoms with Crippen molar-refractivity contribution in [3.05, 3.63) is 51.8 Å². The summed E-state index contributed by atoms with van der Waals surface area (Å²) in [6.45, 7) is 3.85. The maximum atomic E-state index is 12.7. The minimum atomic E-state index is -2.95. The first-order chi connectivity index (χ1) is 11.8. The first kappa shape index (κ1) is 18.7. The molecule has 1 aromatic carbocycles. The summed E-state index contributed by atoms with van der Waals surface area (Å²) in [4.78, 5) is 13.7. The molecule has 2 aromatic rings. The van der Waals surface area contributed by atoms with Gasteiger partial charge in [-0.1, -0.05) is 15.9 Å². The standard InChI is InChI=1S/C18H20BrNO3S2/c1-12-9-17(13(2)20(12)15-7-8-25(22,23)11-15)18(21)10-24-16-5-3-14(19)4-6-16/h3-6,9,15H,7-8,10-11H2,1-2H3. The fourth-order valence-corrected chi connectivity index (χ4v) is 6.10. The zero-order chi connectivity index (χ0) is 18.2. The quantitative estimate of drug-likeness (QED) is 0.515. The smallest absolute Gasteiger partial charge is 0.174 e. The number of hydrogen-bond donors (Lipinski definition) is 0. The molecule has 0 amide bonds. The summed E-state index contributed by atoms with van der Waals surface area (Å²) in [5.41, 5.74) is 2.53. The molecule has 2 heterocycles. The lowest BCUT2D eigenvalue weighted by atomic mass is 10.2. The molecule has 0 radical (unpaired) electrons. The largest absolute Gasteiger partial charge is 0.344 e. The van der Waals surface area contributed by atoms with Crippen molar-refractivity contribution in [2.24, 2.45) is 0 Å². The number of nitrogens with zero attached hydrogens (tertiary/aromatic N) is 1. The third-order valence-electron chi connectivity index (χ3n) is 4.54. The number of thioether (sulfide) groups is 1. The van der Waals surface area contributed by atoms with Gasteiger partial charge in [0.2, 0.25) is 0 Å². The van der Waals surface area contributed by atoms with Gasteiger partial charge >= 0.3 is 0 Å². The van der Waals surface area contributed by atoms with E-state index in [1.165, 1.54) is 11.8 Å². The number of aryl methyl sites for hydroxylation is 1. The van der Waals surface area contributed by atoms with Gasteiger partial charge in [0.25, 0.3) is 0 Å². The Bertz CT molecular complexity index is 901. The second kappa shape index (κ2) is 7.29. The van der Waals surface area contributed by atoms with E-state index in [1.54, 1.807) is 0 Å². The van der Waals surface area contributed by atoms with E-state index in [2.05, 4.69) is 15.9 Å². The minimum Gasteiger partial charge on any atom is -0.344 e. The molecule has 0 saturated carbocycles. The summed E-state index contributed by atoms with van der Waals surface area (Å²) in [6.07, 6.45) is 0.625. The van der Waals surface area contributed by atoms with Gasteiger partial charge in [0.15, 0.2) is 15.6 Å². The van der Waals surface area contributed by atoms with E-state index in [0.717, 1.165) is 20.8 Å². The van der Waals surface area contributed by atoms with E-state index < -0.39 is 9.84 Å². The van der Waals surface area contributed by atoms with Crippen LogP contribution in [0.3, 0.4) is 0 Å². The molecule has 1 fully saturated rings. The third kappa shape index (κ3) is 4.20. The van der Waals surface area contributed by atoms with E-state index in [9.17, 15) is 13.2 Å². The van der Waals surface area contributed by atoms with Crippen molar-refractivity contribution < 1.29 is 13.2 Å². The summed E-state index contributed by atoms with van der Waals surface area (Å²) in [5.74, 6) is 0.852. The van der Waals surface area contributed by atoms with Gasteiger partial charge in [-0.05, 0) is 50.6 Å². The Morgan fingerprint density at radius 2 is 1.96 bits per heavy atom. The number of carbonyl (C=O) groups is 1. The van der Waals surface area contributed by atoms with E-state index in [-0.39, 0.29) is 23.3 Å². The summed E-state index contributed by atoms with van der Waals surface area (Å²) in [7, 11) is -2.95. The van der Waals surface area contributed by atoms with Crippen molar-refractivity contribution in [3.8, 4) is 0 Å². The Kier molecular flexibility index (Phi) is 5.46. The molecule has 1 aliphatic heterocycles. The van der Waals surface area contributed by atoms with E-state index in [1.807, 2.05) is 48.7 Å². The molecular formula is C18H20BrNO3S2. The number of halogens is 1. The Labute approximate surface area is 161 Å². The Morgan fingerprint density at radius 3 is 2.56 bits per heavy atom. The predicted octanol–water partition coefficient (Wildman–Crippen LogP) is 4.20. The number of rotatable bonds is 5. The van der Waals surface area contributed by atoms with Crippen LogP contribution in [-0.2, 0) is 9.84 Å². The molecule has 4 nitrogen and oxygen atoms in total. The third-order valence-corrected chi connectivity index (χ3v) is 7.83. The molecular weight excluding hydrogens is 422 g/mol. The van der Waals surface area contributed by atoms with E-state index in [0.29, 0.717) is 17.7 Å². The van der Waals surface area contributed by atoms with Gasteiger partial charge < -0.3 is 4.57 Å². The fourth-order valence-electron chi connectivity index (χ4n) is 3.36. The Morgan fingerprint density at radius 1 is 1.28 bits per heavy atom. The summed E-state index contributed by atoms with van der Waals surface area (Å²) in [6, 6.07) is 9.72. The van der Waals surface area contributed by atoms with Crippen molar-refractivity contribution >= 4 is 43.3 Å². The van der Waals surface area contributed by atoms with Gasteiger partial charge in [0.1, 0.15) is 0 Å². The first-order valence-corrected chi connectivity index (χ1v) is 11.7. The van der Waals surface area contributed by atoms with Crippen LogP contribution in [0.2, 0.25) is 0 Å². The average molecular weight is 442 g/mol. The molecule has 0 bridgehead atoms. The van der Waals surface area contributed by atoms with Crippen LogP contribution in [-0.4, -0.2) is 36.0 Å². The minimum absolute atomic E-state index is 0.0503. The zero-order valence-electron chi connectivity index (χ0n) is 14.2. The number of aromatic nitrogens is 1. The molecule has 1 unspecified atom stereocenters. The average Bonchev–Trinajstić information content (AvgIpc) is 3.05. The van der Waals surface area contributed by atoms with E-state index in [4.69, 9.17) is 0 Å². The van der Waals surface area contributed by atoms with Crippen LogP contribution in [0.15, 0.2) is 39.7 Å². The molecule has 0 N–H and O–H groups in total. The summed E-state index contributed by atoms with van der Waals surface area (Å²) in [5, 5.41) is 0. The van der Waals surface area contributed by atoms with Crippen LogP contribution in [0.1, 0.15) is 34.2 Å². The molecule has 3 rings (SSSR count). The van der Waals surface area contributed by atoms with E-state index >= 15 is 0 Å². The SMILES string of the molecule is Cc1cc(C(=O)CSc2ccc(Br)cc2)c(C)n1C1CCS(=O)(=O)C1. The number of hydrogen-bond acceptors (Lipinski definition) is 4. The lowest BCUT2D eigenvalue weighted by Crippen LogP contribution is -2.14. The van der Waals surface area contributed by atoms with Crippen molar-refractivity contribution in [3.63, 3.8) is 0 Å². The molecule has 1 aliphatic rings. The highest BCUT2D eigenvalue weighted by Crippen LogP contribution is 2.30. The normalized spacial score (nSPS) is 19.2. The van der Waals surface area contributed by atoms with Gasteiger partial charge in [0, 0.05) is 32.4 Å². The van der Waals surface area contributed by atoms with Crippen LogP contribution in [0.4, 0.5) is 0 Å². The van der Waals surface area contributed by atoms with Gasteiger partial charge in [-0.25, -0.2) is 8.42 Å². The van der Waals surface area contributed by atoms with Crippen molar-refractivity contribution in [2.75, 3.05) is 17.3 Å².